The van der Waals surface area contributed by atoms with E-state index in [4.69, 9.17) is 5.73 Å². The summed E-state index contributed by atoms with van der Waals surface area (Å²) in [6.45, 7) is 6.62. The lowest BCUT2D eigenvalue weighted by Gasteiger charge is -2.25. The Balaban J connectivity index is 2.03. The molecule has 1 aliphatic rings. The van der Waals surface area contributed by atoms with Gasteiger partial charge in [0.1, 0.15) is 0 Å². The van der Waals surface area contributed by atoms with Gasteiger partial charge in [-0.05, 0) is 32.4 Å². The Hall–Kier alpha value is -1.88. The topological polar surface area (TPSA) is 66.6 Å². The van der Waals surface area contributed by atoms with Crippen LogP contribution in [-0.2, 0) is 4.79 Å². The Bertz CT molecular complexity index is 530. The van der Waals surface area contributed by atoms with Gasteiger partial charge in [0.2, 0.25) is 5.91 Å². The average Bonchev–Trinajstić information content (AvgIpc) is 2.71. The van der Waals surface area contributed by atoms with E-state index in [1.54, 1.807) is 0 Å². The van der Waals surface area contributed by atoms with Crippen LogP contribution < -0.4 is 5.73 Å². The minimum Gasteiger partial charge on any atom is -0.368 e. The number of nitrogens with two attached hydrogens (primary N) is 1. The summed E-state index contributed by atoms with van der Waals surface area (Å²) in [4.78, 5) is 27.7. The van der Waals surface area contributed by atoms with Gasteiger partial charge in [-0.3, -0.25) is 14.5 Å². The fourth-order valence-electron chi connectivity index (χ4n) is 2.67. The number of carbonyl (C=O) groups is 2. The smallest absolute Gasteiger partial charge is 0.253 e. The highest BCUT2D eigenvalue weighted by molar-refractivity contribution is 5.94. The second-order valence-corrected chi connectivity index (χ2v) is 5.63. The van der Waals surface area contributed by atoms with Crippen LogP contribution in [-0.4, -0.2) is 53.8 Å². The van der Waals surface area contributed by atoms with Crippen LogP contribution in [0.3, 0.4) is 0 Å². The molecule has 1 aliphatic heterocycles. The fourth-order valence-corrected chi connectivity index (χ4v) is 2.67. The molecular weight excluding hydrogens is 266 g/mol. The van der Waals surface area contributed by atoms with Crippen molar-refractivity contribution in [1.82, 2.24) is 9.80 Å². The van der Waals surface area contributed by atoms with E-state index in [0.29, 0.717) is 13.1 Å². The lowest BCUT2D eigenvalue weighted by molar-refractivity contribution is -0.122. The predicted octanol–water partition coefficient (Wildman–Crippen LogP) is 1.02. The summed E-state index contributed by atoms with van der Waals surface area (Å²) in [6.07, 6.45) is 0.856. The first-order valence-electron chi connectivity index (χ1n) is 7.38. The van der Waals surface area contributed by atoms with Gasteiger partial charge in [0.05, 0.1) is 6.04 Å². The highest BCUT2D eigenvalue weighted by Gasteiger charge is 2.24. The molecular formula is C16H23N3O2. The number of carbonyl (C=O) groups excluding carboxylic acids is 2. The molecule has 1 aromatic carbocycles. The molecule has 2 rings (SSSR count). The molecule has 2 N–H and O–H groups in total. The summed E-state index contributed by atoms with van der Waals surface area (Å²) in [5.41, 5.74) is 7.17. The zero-order valence-corrected chi connectivity index (χ0v) is 12.7. The van der Waals surface area contributed by atoms with Gasteiger partial charge in [-0.2, -0.15) is 0 Å². The molecule has 2 amide bonds. The van der Waals surface area contributed by atoms with Gasteiger partial charge in [-0.1, -0.05) is 17.7 Å². The summed E-state index contributed by atoms with van der Waals surface area (Å²) in [5.74, 6) is -0.249. The Kier molecular flexibility index (Phi) is 4.96. The van der Waals surface area contributed by atoms with Crippen molar-refractivity contribution in [3.63, 3.8) is 0 Å². The van der Waals surface area contributed by atoms with Crippen molar-refractivity contribution in [3.05, 3.63) is 35.4 Å². The van der Waals surface area contributed by atoms with Crippen LogP contribution in [0.4, 0.5) is 0 Å². The van der Waals surface area contributed by atoms with Gasteiger partial charge < -0.3 is 10.6 Å². The molecule has 0 aromatic heterocycles. The van der Waals surface area contributed by atoms with Gasteiger partial charge in [0.25, 0.3) is 5.91 Å². The van der Waals surface area contributed by atoms with Crippen molar-refractivity contribution in [2.45, 2.75) is 26.3 Å². The largest absolute Gasteiger partial charge is 0.368 e. The maximum absolute atomic E-state index is 12.5. The zero-order valence-electron chi connectivity index (χ0n) is 12.7. The summed E-state index contributed by atoms with van der Waals surface area (Å²) in [5, 5.41) is 0. The first-order chi connectivity index (χ1) is 9.99. The van der Waals surface area contributed by atoms with Crippen LogP contribution in [0.25, 0.3) is 0 Å². The minimum absolute atomic E-state index is 0.0623. The number of hydrogen-bond donors (Lipinski definition) is 1. The Morgan fingerprint density at radius 2 is 1.95 bits per heavy atom. The Labute approximate surface area is 125 Å². The van der Waals surface area contributed by atoms with Crippen molar-refractivity contribution in [2.24, 2.45) is 5.73 Å². The van der Waals surface area contributed by atoms with Gasteiger partial charge in [0.15, 0.2) is 0 Å². The summed E-state index contributed by atoms with van der Waals surface area (Å²) in [6, 6.07) is 7.37. The van der Waals surface area contributed by atoms with Crippen LogP contribution in [0, 0.1) is 6.92 Å². The molecule has 1 saturated heterocycles. The van der Waals surface area contributed by atoms with Crippen LogP contribution in [0.1, 0.15) is 29.3 Å². The second kappa shape index (κ2) is 6.72. The van der Waals surface area contributed by atoms with E-state index in [9.17, 15) is 9.59 Å². The minimum atomic E-state index is -0.312. The lowest BCUT2D eigenvalue weighted by Crippen LogP contribution is -2.44. The van der Waals surface area contributed by atoms with Crippen molar-refractivity contribution in [1.29, 1.82) is 0 Å². The number of nitrogens with zero attached hydrogens (tertiary/aromatic N) is 2. The van der Waals surface area contributed by atoms with Crippen molar-refractivity contribution < 1.29 is 9.59 Å². The van der Waals surface area contributed by atoms with E-state index < -0.39 is 0 Å². The Morgan fingerprint density at radius 3 is 2.62 bits per heavy atom. The normalized spacial score (nSPS) is 18.1. The molecule has 5 heteroatoms. The standard InChI is InChI=1S/C16H23N3O2/c1-12-5-3-6-14(11-12)16(21)19-8-4-7-18(9-10-19)13(2)15(17)20/h3,5-6,11,13H,4,7-10H2,1-2H3,(H2,17,20)/t13-/m1/s1. The van der Waals surface area contributed by atoms with Gasteiger partial charge in [0, 0.05) is 31.7 Å². The molecule has 1 atom stereocenters. The number of aryl methyl sites for hydroxylation is 1. The third kappa shape index (κ3) is 3.82. The first kappa shape index (κ1) is 15.5. The van der Waals surface area contributed by atoms with Crippen LogP contribution in [0.15, 0.2) is 24.3 Å². The highest BCUT2D eigenvalue weighted by Crippen LogP contribution is 2.12. The zero-order chi connectivity index (χ0) is 15.4. The van der Waals surface area contributed by atoms with Gasteiger partial charge >= 0.3 is 0 Å². The molecule has 1 aromatic rings. The lowest BCUT2D eigenvalue weighted by atomic mass is 10.1. The van der Waals surface area contributed by atoms with Crippen molar-refractivity contribution in [2.75, 3.05) is 26.2 Å². The molecule has 0 unspecified atom stereocenters. The van der Waals surface area contributed by atoms with Gasteiger partial charge in [-0.25, -0.2) is 0 Å². The molecule has 0 bridgehead atoms. The van der Waals surface area contributed by atoms with E-state index in [2.05, 4.69) is 0 Å². The number of amides is 2. The molecule has 5 nitrogen and oxygen atoms in total. The monoisotopic (exact) mass is 289 g/mol. The second-order valence-electron chi connectivity index (χ2n) is 5.63. The molecule has 114 valence electrons. The van der Waals surface area contributed by atoms with Crippen LogP contribution in [0.5, 0.6) is 0 Å². The van der Waals surface area contributed by atoms with E-state index in [-0.39, 0.29) is 17.9 Å². The first-order valence-corrected chi connectivity index (χ1v) is 7.38. The molecule has 0 spiro atoms. The third-order valence-corrected chi connectivity index (χ3v) is 4.04. The number of rotatable bonds is 3. The highest BCUT2D eigenvalue weighted by atomic mass is 16.2. The van der Waals surface area contributed by atoms with Crippen molar-refractivity contribution >= 4 is 11.8 Å². The van der Waals surface area contributed by atoms with E-state index >= 15 is 0 Å². The van der Waals surface area contributed by atoms with E-state index in [0.717, 1.165) is 30.6 Å². The summed E-state index contributed by atoms with van der Waals surface area (Å²) in [7, 11) is 0. The number of benzene rings is 1. The number of primary amides is 1. The van der Waals surface area contributed by atoms with E-state index in [1.165, 1.54) is 0 Å². The van der Waals surface area contributed by atoms with Crippen LogP contribution >= 0.6 is 0 Å². The molecule has 0 aliphatic carbocycles. The third-order valence-electron chi connectivity index (χ3n) is 4.04. The summed E-state index contributed by atoms with van der Waals surface area (Å²) < 4.78 is 0. The average molecular weight is 289 g/mol. The predicted molar refractivity (Wildman–Crippen MR) is 81.9 cm³/mol. The molecule has 0 radical (unpaired) electrons. The maximum Gasteiger partial charge on any atom is 0.253 e. The molecule has 1 fully saturated rings. The fraction of sp³-hybridized carbons (Fsp3) is 0.500. The molecule has 0 saturated carbocycles. The molecule has 1 heterocycles. The van der Waals surface area contributed by atoms with E-state index in [1.807, 2.05) is 47.9 Å². The quantitative estimate of drug-likeness (QED) is 0.903. The van der Waals surface area contributed by atoms with Gasteiger partial charge in [-0.15, -0.1) is 0 Å². The SMILES string of the molecule is Cc1cccc(C(=O)N2CCCN([C@H](C)C(N)=O)CC2)c1. The maximum atomic E-state index is 12.5. The molecule has 21 heavy (non-hydrogen) atoms. The van der Waals surface area contributed by atoms with Crippen LogP contribution in [0.2, 0.25) is 0 Å². The summed E-state index contributed by atoms with van der Waals surface area (Å²) >= 11 is 0. The Morgan fingerprint density at radius 1 is 1.19 bits per heavy atom. The number of hydrogen-bond acceptors (Lipinski definition) is 3. The van der Waals surface area contributed by atoms with Crippen molar-refractivity contribution in [3.8, 4) is 0 Å².